The minimum absolute atomic E-state index is 0.381. The zero-order chi connectivity index (χ0) is 11.7. The Kier molecular flexibility index (Phi) is 2.75. The Morgan fingerprint density at radius 2 is 2.25 bits per heavy atom. The third-order valence-electron chi connectivity index (χ3n) is 2.19. The molecule has 0 aliphatic carbocycles. The monoisotopic (exact) mass is 279 g/mol. The van der Waals surface area contributed by atoms with E-state index in [1.54, 1.807) is 17.8 Å². The maximum atomic E-state index is 13.1. The lowest BCUT2D eigenvalue weighted by atomic mass is 10.1. The molecule has 0 atom stereocenters. The molecule has 0 saturated carbocycles. The Balaban J connectivity index is 2.68. The summed E-state index contributed by atoms with van der Waals surface area (Å²) < 4.78 is 15.5. The minimum atomic E-state index is -0.381. The Morgan fingerprint density at radius 1 is 1.50 bits per heavy atom. The van der Waals surface area contributed by atoms with Crippen LogP contribution in [0.1, 0.15) is 5.56 Å². The number of benzene rings is 1. The van der Waals surface area contributed by atoms with E-state index in [2.05, 4.69) is 20.9 Å². The zero-order valence-corrected chi connectivity index (χ0v) is 9.99. The largest absolute Gasteiger partial charge is 0.333 e. The fraction of sp³-hybridized carbons (Fsp3) is 0.0909. The van der Waals surface area contributed by atoms with Gasteiger partial charge in [0, 0.05) is 18.8 Å². The number of nitriles is 1. The number of imidazole rings is 1. The van der Waals surface area contributed by atoms with E-state index < -0.39 is 0 Å². The molecule has 2 aromatic rings. The van der Waals surface area contributed by atoms with Crippen molar-refractivity contribution in [1.82, 2.24) is 9.55 Å². The first-order chi connectivity index (χ1) is 7.61. The van der Waals surface area contributed by atoms with Crippen LogP contribution in [0.2, 0.25) is 0 Å². The van der Waals surface area contributed by atoms with Crippen molar-refractivity contribution < 1.29 is 4.39 Å². The average Bonchev–Trinajstić information content (AvgIpc) is 2.57. The summed E-state index contributed by atoms with van der Waals surface area (Å²) in [4.78, 5) is 4.19. The highest BCUT2D eigenvalue weighted by atomic mass is 79.9. The second kappa shape index (κ2) is 4.06. The van der Waals surface area contributed by atoms with Gasteiger partial charge in [-0.05, 0) is 34.1 Å². The summed E-state index contributed by atoms with van der Waals surface area (Å²) >= 11 is 3.24. The molecule has 5 heteroatoms. The van der Waals surface area contributed by atoms with E-state index in [-0.39, 0.29) is 5.82 Å². The fourth-order valence-electron chi connectivity index (χ4n) is 1.48. The molecule has 0 aliphatic heterocycles. The van der Waals surface area contributed by atoms with Gasteiger partial charge in [0.2, 0.25) is 0 Å². The lowest BCUT2D eigenvalue weighted by Crippen LogP contribution is -1.94. The molecule has 80 valence electrons. The summed E-state index contributed by atoms with van der Waals surface area (Å²) in [7, 11) is 1.79. The molecule has 1 heterocycles. The molecule has 0 amide bonds. The summed E-state index contributed by atoms with van der Waals surface area (Å²) in [6, 6.07) is 6.05. The van der Waals surface area contributed by atoms with Crippen LogP contribution in [0.25, 0.3) is 11.4 Å². The van der Waals surface area contributed by atoms with E-state index >= 15 is 0 Å². The number of hydrogen-bond donors (Lipinski definition) is 0. The normalized spacial score (nSPS) is 10.1. The van der Waals surface area contributed by atoms with Crippen LogP contribution in [0.4, 0.5) is 4.39 Å². The Labute approximate surface area is 100 Å². The maximum absolute atomic E-state index is 13.1. The first kappa shape index (κ1) is 10.8. The highest BCUT2D eigenvalue weighted by Crippen LogP contribution is 2.24. The van der Waals surface area contributed by atoms with Gasteiger partial charge in [-0.1, -0.05) is 0 Å². The molecule has 0 N–H and O–H groups in total. The molecule has 0 fully saturated rings. The topological polar surface area (TPSA) is 41.6 Å². The number of nitrogens with zero attached hydrogens (tertiary/aromatic N) is 3. The van der Waals surface area contributed by atoms with Gasteiger partial charge in [-0.2, -0.15) is 5.26 Å². The molecule has 1 aromatic heterocycles. The van der Waals surface area contributed by atoms with Crippen molar-refractivity contribution >= 4 is 15.9 Å². The Morgan fingerprint density at radius 3 is 2.81 bits per heavy atom. The SMILES string of the molecule is Cn1cc(Br)nc1-c1cc(F)ccc1C#N. The molecule has 0 spiro atoms. The Hall–Kier alpha value is -1.67. The van der Waals surface area contributed by atoms with Crippen LogP contribution in [0.3, 0.4) is 0 Å². The number of rotatable bonds is 1. The van der Waals surface area contributed by atoms with Gasteiger partial charge in [0.05, 0.1) is 11.6 Å². The molecule has 0 aliphatic rings. The molecule has 3 nitrogen and oxygen atoms in total. The van der Waals surface area contributed by atoms with Crippen molar-refractivity contribution in [3.8, 4) is 17.5 Å². The third-order valence-corrected chi connectivity index (χ3v) is 2.57. The summed E-state index contributed by atoms with van der Waals surface area (Å²) in [5.74, 6) is 0.177. The van der Waals surface area contributed by atoms with E-state index in [0.29, 0.717) is 21.6 Å². The lowest BCUT2D eigenvalue weighted by molar-refractivity contribution is 0.628. The molecule has 1 aromatic carbocycles. The molecule has 0 saturated heterocycles. The van der Waals surface area contributed by atoms with Crippen molar-refractivity contribution in [2.45, 2.75) is 0 Å². The van der Waals surface area contributed by atoms with Crippen molar-refractivity contribution in [3.63, 3.8) is 0 Å². The predicted octanol–water partition coefficient (Wildman–Crippen LogP) is 2.86. The number of halogens is 2. The van der Waals surface area contributed by atoms with Crippen molar-refractivity contribution in [2.24, 2.45) is 7.05 Å². The number of aryl methyl sites for hydroxylation is 1. The average molecular weight is 280 g/mol. The van der Waals surface area contributed by atoms with Crippen LogP contribution in [-0.4, -0.2) is 9.55 Å². The van der Waals surface area contributed by atoms with Crippen LogP contribution >= 0.6 is 15.9 Å². The van der Waals surface area contributed by atoms with Crippen LogP contribution in [0.5, 0.6) is 0 Å². The molecular formula is C11H7BrFN3. The third kappa shape index (κ3) is 1.84. The fourth-order valence-corrected chi connectivity index (χ4v) is 1.95. The minimum Gasteiger partial charge on any atom is -0.333 e. The molecular weight excluding hydrogens is 273 g/mol. The molecule has 0 radical (unpaired) electrons. The number of aromatic nitrogens is 2. The lowest BCUT2D eigenvalue weighted by Gasteiger charge is -2.03. The van der Waals surface area contributed by atoms with E-state index in [1.807, 2.05) is 6.07 Å². The van der Waals surface area contributed by atoms with E-state index in [0.717, 1.165) is 0 Å². The van der Waals surface area contributed by atoms with Crippen molar-refractivity contribution in [2.75, 3.05) is 0 Å². The van der Waals surface area contributed by atoms with Gasteiger partial charge in [-0.15, -0.1) is 0 Å². The molecule has 16 heavy (non-hydrogen) atoms. The zero-order valence-electron chi connectivity index (χ0n) is 8.41. The molecule has 0 unspecified atom stereocenters. The Bertz CT molecular complexity index is 583. The van der Waals surface area contributed by atoms with E-state index in [1.165, 1.54) is 18.2 Å². The van der Waals surface area contributed by atoms with Crippen molar-refractivity contribution in [3.05, 3.63) is 40.4 Å². The maximum Gasteiger partial charge on any atom is 0.142 e. The highest BCUT2D eigenvalue weighted by Gasteiger charge is 2.12. The van der Waals surface area contributed by atoms with Crippen LogP contribution in [0.15, 0.2) is 29.0 Å². The second-order valence-electron chi connectivity index (χ2n) is 3.30. The van der Waals surface area contributed by atoms with Gasteiger partial charge in [0.25, 0.3) is 0 Å². The molecule has 2 rings (SSSR count). The summed E-state index contributed by atoms with van der Waals surface area (Å²) in [6.07, 6.45) is 1.75. The van der Waals surface area contributed by atoms with E-state index in [4.69, 9.17) is 5.26 Å². The number of hydrogen-bond acceptors (Lipinski definition) is 2. The first-order valence-corrected chi connectivity index (χ1v) is 5.30. The second-order valence-corrected chi connectivity index (χ2v) is 4.11. The van der Waals surface area contributed by atoms with E-state index in [9.17, 15) is 4.39 Å². The quantitative estimate of drug-likeness (QED) is 0.806. The highest BCUT2D eigenvalue weighted by molar-refractivity contribution is 9.10. The van der Waals surface area contributed by atoms with Crippen LogP contribution < -0.4 is 0 Å². The van der Waals surface area contributed by atoms with Gasteiger partial charge in [0.1, 0.15) is 16.2 Å². The standard InChI is InChI=1S/C11H7BrFN3/c1-16-6-10(12)15-11(16)9-4-8(13)3-2-7(9)5-14/h2-4,6H,1H3. The van der Waals surface area contributed by atoms with Gasteiger partial charge < -0.3 is 4.57 Å². The summed E-state index contributed by atoms with van der Waals surface area (Å²) in [5.41, 5.74) is 0.901. The van der Waals surface area contributed by atoms with Gasteiger partial charge in [-0.25, -0.2) is 9.37 Å². The first-order valence-electron chi connectivity index (χ1n) is 4.50. The summed E-state index contributed by atoms with van der Waals surface area (Å²) in [6.45, 7) is 0. The van der Waals surface area contributed by atoms with Crippen LogP contribution in [0, 0.1) is 17.1 Å². The summed E-state index contributed by atoms with van der Waals surface area (Å²) in [5, 5.41) is 8.95. The van der Waals surface area contributed by atoms with Gasteiger partial charge in [-0.3, -0.25) is 0 Å². The smallest absolute Gasteiger partial charge is 0.142 e. The van der Waals surface area contributed by atoms with Gasteiger partial charge in [0.15, 0.2) is 0 Å². The van der Waals surface area contributed by atoms with Crippen molar-refractivity contribution in [1.29, 1.82) is 5.26 Å². The van der Waals surface area contributed by atoms with Gasteiger partial charge >= 0.3 is 0 Å². The molecule has 0 bridgehead atoms. The predicted molar refractivity (Wildman–Crippen MR) is 61.0 cm³/mol. The van der Waals surface area contributed by atoms with Crippen LogP contribution in [-0.2, 0) is 7.05 Å².